The molecule has 0 bridgehead atoms. The van der Waals surface area contributed by atoms with Crippen LogP contribution in [0.5, 0.6) is 0 Å². The van der Waals surface area contributed by atoms with Crippen LogP contribution in [0.3, 0.4) is 0 Å². The number of halogens is 2. The SMILES string of the molecule is BrC(Br)c1ccccn1. The van der Waals surface area contributed by atoms with Crippen molar-refractivity contribution in [3.8, 4) is 0 Å². The van der Waals surface area contributed by atoms with Crippen LogP contribution < -0.4 is 0 Å². The summed E-state index contributed by atoms with van der Waals surface area (Å²) in [4.78, 5) is 4.08. The van der Waals surface area contributed by atoms with Gasteiger partial charge in [-0.1, -0.05) is 37.9 Å². The third-order valence-electron chi connectivity index (χ3n) is 0.911. The average molecular weight is 251 g/mol. The number of rotatable bonds is 1. The number of pyridine rings is 1. The Bertz CT molecular complexity index is 174. The van der Waals surface area contributed by atoms with Crippen molar-refractivity contribution in [1.29, 1.82) is 0 Å². The van der Waals surface area contributed by atoms with E-state index in [1.54, 1.807) is 6.20 Å². The molecule has 48 valence electrons. The summed E-state index contributed by atoms with van der Waals surface area (Å²) in [6.45, 7) is 0. The molecule has 0 unspecified atom stereocenters. The van der Waals surface area contributed by atoms with Gasteiger partial charge in [-0.05, 0) is 12.1 Å². The highest BCUT2D eigenvalue weighted by Gasteiger charge is 1.99. The van der Waals surface area contributed by atoms with Crippen molar-refractivity contribution in [1.82, 2.24) is 4.98 Å². The van der Waals surface area contributed by atoms with Crippen molar-refractivity contribution < 1.29 is 0 Å². The lowest BCUT2D eigenvalue weighted by Gasteiger charge is -1.96. The summed E-state index contributed by atoms with van der Waals surface area (Å²) in [5.41, 5.74) is 0.998. The minimum Gasteiger partial charge on any atom is -0.259 e. The number of alkyl halides is 2. The molecule has 0 aliphatic carbocycles. The lowest BCUT2D eigenvalue weighted by molar-refractivity contribution is 1.18. The first-order valence-electron chi connectivity index (χ1n) is 2.50. The second-order valence-electron chi connectivity index (χ2n) is 1.56. The molecule has 9 heavy (non-hydrogen) atoms. The van der Waals surface area contributed by atoms with Crippen LogP contribution >= 0.6 is 31.9 Å². The molecule has 1 rings (SSSR count). The molecule has 0 spiro atoms. The van der Waals surface area contributed by atoms with E-state index in [-0.39, 0.29) is 3.74 Å². The first-order chi connectivity index (χ1) is 4.30. The van der Waals surface area contributed by atoms with Gasteiger partial charge in [0.2, 0.25) is 0 Å². The largest absolute Gasteiger partial charge is 0.259 e. The minimum absolute atomic E-state index is 0.172. The molecule has 1 nitrogen and oxygen atoms in total. The van der Waals surface area contributed by atoms with Crippen molar-refractivity contribution in [2.75, 3.05) is 0 Å². The summed E-state index contributed by atoms with van der Waals surface area (Å²) in [6.07, 6.45) is 1.77. The molecule has 1 aromatic rings. The Hall–Kier alpha value is 0.110. The third kappa shape index (κ3) is 2.06. The van der Waals surface area contributed by atoms with Gasteiger partial charge in [0.05, 0.1) is 5.69 Å². The topological polar surface area (TPSA) is 12.9 Å². The second-order valence-corrected chi connectivity index (χ2v) is 4.62. The Balaban J connectivity index is 2.85. The van der Waals surface area contributed by atoms with Gasteiger partial charge in [0.15, 0.2) is 0 Å². The van der Waals surface area contributed by atoms with Gasteiger partial charge in [-0.2, -0.15) is 0 Å². The first kappa shape index (κ1) is 7.22. The van der Waals surface area contributed by atoms with E-state index in [4.69, 9.17) is 0 Å². The van der Waals surface area contributed by atoms with E-state index in [1.165, 1.54) is 0 Å². The van der Waals surface area contributed by atoms with E-state index in [0.717, 1.165) is 5.69 Å². The highest BCUT2D eigenvalue weighted by molar-refractivity contribution is 9.24. The fraction of sp³-hybridized carbons (Fsp3) is 0.167. The molecule has 0 radical (unpaired) electrons. The first-order valence-corrected chi connectivity index (χ1v) is 4.33. The van der Waals surface area contributed by atoms with Crippen LogP contribution in [-0.4, -0.2) is 4.98 Å². The summed E-state index contributed by atoms with van der Waals surface area (Å²) in [5, 5.41) is 0. The molecule has 0 saturated carbocycles. The molecular formula is C6H5Br2N. The highest BCUT2D eigenvalue weighted by Crippen LogP contribution is 2.26. The molecule has 0 aliphatic heterocycles. The monoisotopic (exact) mass is 249 g/mol. The van der Waals surface area contributed by atoms with Crippen LogP contribution in [0.25, 0.3) is 0 Å². The minimum atomic E-state index is 0.172. The molecular weight excluding hydrogens is 246 g/mol. The summed E-state index contributed by atoms with van der Waals surface area (Å²) in [6, 6.07) is 5.80. The van der Waals surface area contributed by atoms with E-state index >= 15 is 0 Å². The Morgan fingerprint density at radius 3 is 2.44 bits per heavy atom. The van der Waals surface area contributed by atoms with Crippen LogP contribution in [0, 0.1) is 0 Å². The van der Waals surface area contributed by atoms with E-state index in [9.17, 15) is 0 Å². The van der Waals surface area contributed by atoms with Gasteiger partial charge >= 0.3 is 0 Å². The quantitative estimate of drug-likeness (QED) is 0.699. The van der Waals surface area contributed by atoms with Crippen LogP contribution in [0.15, 0.2) is 24.4 Å². The Morgan fingerprint density at radius 1 is 1.33 bits per heavy atom. The lowest BCUT2D eigenvalue weighted by atomic mass is 10.4. The van der Waals surface area contributed by atoms with E-state index in [0.29, 0.717) is 0 Å². The standard InChI is InChI=1S/C6H5Br2N/c7-6(8)5-3-1-2-4-9-5/h1-4,6H. The third-order valence-corrected chi connectivity index (χ3v) is 1.85. The maximum Gasteiger partial charge on any atom is 0.112 e. The zero-order valence-electron chi connectivity index (χ0n) is 4.59. The van der Waals surface area contributed by atoms with Crippen LogP contribution in [-0.2, 0) is 0 Å². The molecule has 0 aromatic carbocycles. The summed E-state index contributed by atoms with van der Waals surface area (Å²) in [5.74, 6) is 0. The van der Waals surface area contributed by atoms with Gasteiger partial charge in [-0.25, -0.2) is 0 Å². The number of hydrogen-bond donors (Lipinski definition) is 0. The maximum absolute atomic E-state index is 4.08. The van der Waals surface area contributed by atoms with Crippen LogP contribution in [0.4, 0.5) is 0 Å². The molecule has 0 amide bonds. The van der Waals surface area contributed by atoms with Crippen LogP contribution in [0.2, 0.25) is 0 Å². The van der Waals surface area contributed by atoms with Gasteiger partial charge in [0, 0.05) is 6.20 Å². The number of hydrogen-bond acceptors (Lipinski definition) is 1. The van der Waals surface area contributed by atoms with E-state index < -0.39 is 0 Å². The number of aromatic nitrogens is 1. The van der Waals surface area contributed by atoms with Crippen molar-refractivity contribution in [2.24, 2.45) is 0 Å². The van der Waals surface area contributed by atoms with Gasteiger partial charge in [-0.3, -0.25) is 4.98 Å². The van der Waals surface area contributed by atoms with Crippen molar-refractivity contribution in [3.63, 3.8) is 0 Å². The normalized spacial score (nSPS) is 10.1. The summed E-state index contributed by atoms with van der Waals surface area (Å²) < 4.78 is 0.172. The predicted molar refractivity (Wildman–Crippen MR) is 44.8 cm³/mol. The van der Waals surface area contributed by atoms with Crippen molar-refractivity contribution in [2.45, 2.75) is 3.74 Å². The second kappa shape index (κ2) is 3.32. The van der Waals surface area contributed by atoms with Crippen molar-refractivity contribution in [3.05, 3.63) is 30.1 Å². The predicted octanol–water partition coefficient (Wildman–Crippen LogP) is 2.87. The summed E-state index contributed by atoms with van der Waals surface area (Å²) in [7, 11) is 0. The average Bonchev–Trinajstić information content (AvgIpc) is 1.90. The highest BCUT2D eigenvalue weighted by atomic mass is 79.9. The molecule has 0 atom stereocenters. The van der Waals surface area contributed by atoms with Gasteiger partial charge < -0.3 is 0 Å². The molecule has 0 saturated heterocycles. The van der Waals surface area contributed by atoms with Gasteiger partial charge in [0.1, 0.15) is 3.74 Å². The molecule has 0 aliphatic rings. The van der Waals surface area contributed by atoms with E-state index in [2.05, 4.69) is 36.8 Å². The fourth-order valence-electron chi connectivity index (χ4n) is 0.505. The molecule has 1 heterocycles. The molecule has 1 aromatic heterocycles. The van der Waals surface area contributed by atoms with Crippen LogP contribution in [0.1, 0.15) is 9.43 Å². The fourth-order valence-corrected chi connectivity index (χ4v) is 1.05. The zero-order chi connectivity index (χ0) is 6.69. The molecule has 0 N–H and O–H groups in total. The Morgan fingerprint density at radius 2 is 2.11 bits per heavy atom. The molecule has 0 fully saturated rings. The lowest BCUT2D eigenvalue weighted by Crippen LogP contribution is -1.82. The molecule has 3 heteroatoms. The summed E-state index contributed by atoms with van der Waals surface area (Å²) >= 11 is 6.67. The van der Waals surface area contributed by atoms with Crippen molar-refractivity contribution >= 4 is 31.9 Å². The Labute approximate surface area is 70.8 Å². The van der Waals surface area contributed by atoms with E-state index in [1.807, 2.05) is 18.2 Å². The number of nitrogens with zero attached hydrogens (tertiary/aromatic N) is 1. The maximum atomic E-state index is 4.08. The Kier molecular flexibility index (Phi) is 2.66. The zero-order valence-corrected chi connectivity index (χ0v) is 7.76. The smallest absolute Gasteiger partial charge is 0.112 e. The van der Waals surface area contributed by atoms with Gasteiger partial charge in [-0.15, -0.1) is 0 Å². The van der Waals surface area contributed by atoms with Gasteiger partial charge in [0.25, 0.3) is 0 Å².